The summed E-state index contributed by atoms with van der Waals surface area (Å²) in [6.07, 6.45) is 5.84. The van der Waals surface area contributed by atoms with Crippen LogP contribution in [-0.2, 0) is 0 Å². The molecule has 3 heterocycles. The zero-order valence-electron chi connectivity index (χ0n) is 16.0. The van der Waals surface area contributed by atoms with Crippen molar-refractivity contribution < 1.29 is 4.39 Å². The van der Waals surface area contributed by atoms with Gasteiger partial charge in [0.2, 0.25) is 0 Å². The van der Waals surface area contributed by atoms with E-state index >= 15 is 0 Å². The summed E-state index contributed by atoms with van der Waals surface area (Å²) in [6.45, 7) is 11.5. The molecular weight excluding hydrogens is 343 g/mol. The Kier molecular flexibility index (Phi) is 3.91. The second kappa shape index (κ2) is 6.04. The van der Waals surface area contributed by atoms with Crippen LogP contribution >= 0.6 is 0 Å². The van der Waals surface area contributed by atoms with Crippen LogP contribution in [0.1, 0.15) is 43.4 Å². The summed E-state index contributed by atoms with van der Waals surface area (Å²) in [7, 11) is 0. The number of nitrogens with zero attached hydrogens (tertiary/aromatic N) is 5. The minimum absolute atomic E-state index is 0.146. The summed E-state index contributed by atoms with van der Waals surface area (Å²) in [5, 5.41) is 4.65. The number of fused-ring (bicyclic) bond motifs is 1. The molecule has 27 heavy (non-hydrogen) atoms. The van der Waals surface area contributed by atoms with E-state index in [0.29, 0.717) is 11.3 Å². The van der Waals surface area contributed by atoms with E-state index in [9.17, 15) is 4.39 Å². The lowest BCUT2D eigenvalue weighted by molar-refractivity contribution is 0.524. The third kappa shape index (κ3) is 2.83. The Morgan fingerprint density at radius 2 is 2.07 bits per heavy atom. The molecule has 6 nitrogen and oxygen atoms in total. The molecule has 2 aliphatic rings. The van der Waals surface area contributed by atoms with E-state index < -0.39 is 0 Å². The van der Waals surface area contributed by atoms with E-state index in [1.807, 2.05) is 25.3 Å². The van der Waals surface area contributed by atoms with Crippen LogP contribution in [-0.4, -0.2) is 24.5 Å². The highest BCUT2D eigenvalue weighted by Gasteiger charge is 2.44. The Morgan fingerprint density at radius 1 is 1.33 bits per heavy atom. The summed E-state index contributed by atoms with van der Waals surface area (Å²) < 4.78 is 15.8. The largest absolute Gasteiger partial charge is 0.400 e. The van der Waals surface area contributed by atoms with Crippen molar-refractivity contribution >= 4 is 5.65 Å². The van der Waals surface area contributed by atoms with Gasteiger partial charge in [-0.15, -0.1) is 0 Å². The first-order chi connectivity index (χ1) is 12.8. The lowest BCUT2D eigenvalue weighted by atomic mass is 10.1. The van der Waals surface area contributed by atoms with Crippen molar-refractivity contribution in [3.05, 3.63) is 70.8 Å². The van der Waals surface area contributed by atoms with Crippen molar-refractivity contribution in [3.63, 3.8) is 0 Å². The Bertz CT molecular complexity index is 1020. The van der Waals surface area contributed by atoms with Gasteiger partial charge in [-0.1, -0.05) is 6.58 Å². The molecule has 0 saturated heterocycles. The SMILES string of the molecule is C=C1C=C(C)C(F)=CN1/C(C)=C(\N)C1CC1c1nc2c(C)ncc(C)n2n1. The molecule has 1 saturated carbocycles. The van der Waals surface area contributed by atoms with Gasteiger partial charge in [-0.25, -0.2) is 13.9 Å². The van der Waals surface area contributed by atoms with Crippen LogP contribution in [0.25, 0.3) is 5.65 Å². The van der Waals surface area contributed by atoms with Crippen LogP contribution < -0.4 is 5.73 Å². The molecule has 0 bridgehead atoms. The van der Waals surface area contributed by atoms with Gasteiger partial charge in [-0.2, -0.15) is 5.10 Å². The van der Waals surface area contributed by atoms with Crippen molar-refractivity contribution in [3.8, 4) is 0 Å². The van der Waals surface area contributed by atoms with Gasteiger partial charge in [0.05, 0.1) is 11.4 Å². The van der Waals surface area contributed by atoms with Gasteiger partial charge in [0.15, 0.2) is 11.5 Å². The molecule has 0 spiro atoms. The number of aryl methyl sites for hydroxylation is 2. The summed E-state index contributed by atoms with van der Waals surface area (Å²) in [6, 6.07) is 0. The van der Waals surface area contributed by atoms with E-state index in [2.05, 4.69) is 21.6 Å². The minimum Gasteiger partial charge on any atom is -0.400 e. The molecule has 0 radical (unpaired) electrons. The van der Waals surface area contributed by atoms with Crippen LogP contribution in [0.5, 0.6) is 0 Å². The van der Waals surface area contributed by atoms with Gasteiger partial charge in [-0.3, -0.25) is 4.98 Å². The standard InChI is InChI=1S/C20H23FN6/c1-10-6-11(2)26(9-17(10)21)14(5)18(22)15-7-16(15)19-24-20-13(4)23-8-12(3)27(20)25-19/h6,8-9,15-16H,2,7,22H2,1,3-5H3/b18-14-. The molecule has 2 aromatic heterocycles. The summed E-state index contributed by atoms with van der Waals surface area (Å²) in [5.41, 5.74) is 11.8. The first-order valence-electron chi connectivity index (χ1n) is 8.97. The maximum atomic E-state index is 14.0. The van der Waals surface area contributed by atoms with Gasteiger partial charge in [0, 0.05) is 41.3 Å². The lowest BCUT2D eigenvalue weighted by Gasteiger charge is -2.27. The average Bonchev–Trinajstić information content (AvgIpc) is 3.30. The molecule has 4 rings (SSSR count). The Morgan fingerprint density at radius 3 is 2.78 bits per heavy atom. The van der Waals surface area contributed by atoms with Crippen molar-refractivity contribution in [1.82, 2.24) is 24.5 Å². The third-order valence-electron chi connectivity index (χ3n) is 5.34. The van der Waals surface area contributed by atoms with Gasteiger partial charge in [0.25, 0.3) is 0 Å². The van der Waals surface area contributed by atoms with Crippen LogP contribution in [0.2, 0.25) is 0 Å². The maximum Gasteiger partial charge on any atom is 0.177 e. The fourth-order valence-electron chi connectivity index (χ4n) is 3.50. The fraction of sp³-hybridized carbons (Fsp3) is 0.350. The predicted molar refractivity (Wildman–Crippen MR) is 102 cm³/mol. The van der Waals surface area contributed by atoms with Gasteiger partial charge in [0.1, 0.15) is 5.83 Å². The Balaban J connectivity index is 1.61. The predicted octanol–water partition coefficient (Wildman–Crippen LogP) is 3.62. The fourth-order valence-corrected chi connectivity index (χ4v) is 3.50. The van der Waals surface area contributed by atoms with E-state index in [-0.39, 0.29) is 17.7 Å². The van der Waals surface area contributed by atoms with Crippen molar-refractivity contribution in [2.24, 2.45) is 11.7 Å². The van der Waals surface area contributed by atoms with Crippen molar-refractivity contribution in [2.75, 3.05) is 0 Å². The number of rotatable bonds is 3. The number of hydrogen-bond donors (Lipinski definition) is 1. The highest BCUT2D eigenvalue weighted by molar-refractivity contribution is 5.45. The normalized spacial score (nSPS) is 23.3. The number of nitrogens with two attached hydrogens (primary N) is 1. The minimum atomic E-state index is -0.276. The molecule has 0 amide bonds. The Hall–Kier alpha value is -2.96. The average molecular weight is 366 g/mol. The topological polar surface area (TPSA) is 72.3 Å². The van der Waals surface area contributed by atoms with E-state index in [0.717, 1.165) is 40.7 Å². The molecule has 0 aromatic carbocycles. The lowest BCUT2D eigenvalue weighted by Crippen LogP contribution is -2.21. The smallest absolute Gasteiger partial charge is 0.177 e. The second-order valence-corrected chi connectivity index (χ2v) is 7.35. The number of hydrogen-bond acceptors (Lipinski definition) is 5. The molecule has 2 aromatic rings. The molecule has 7 heteroatoms. The van der Waals surface area contributed by atoms with Gasteiger partial charge >= 0.3 is 0 Å². The number of allylic oxidation sites excluding steroid dienone is 5. The Labute approximate surface area is 157 Å². The first kappa shape index (κ1) is 17.5. The highest BCUT2D eigenvalue weighted by Crippen LogP contribution is 2.50. The van der Waals surface area contributed by atoms with E-state index in [4.69, 9.17) is 5.73 Å². The van der Waals surface area contributed by atoms with Crippen LogP contribution in [0.3, 0.4) is 0 Å². The summed E-state index contributed by atoms with van der Waals surface area (Å²) in [4.78, 5) is 10.7. The molecule has 2 unspecified atom stereocenters. The number of halogens is 1. The first-order valence-corrected chi connectivity index (χ1v) is 8.97. The van der Waals surface area contributed by atoms with Gasteiger partial charge < -0.3 is 10.6 Å². The molecule has 140 valence electrons. The monoisotopic (exact) mass is 366 g/mol. The molecule has 2 atom stereocenters. The maximum absolute atomic E-state index is 14.0. The van der Waals surface area contributed by atoms with Crippen molar-refractivity contribution in [1.29, 1.82) is 0 Å². The zero-order chi connectivity index (χ0) is 19.5. The molecule has 1 aliphatic carbocycles. The van der Waals surface area contributed by atoms with Crippen molar-refractivity contribution in [2.45, 2.75) is 40.0 Å². The zero-order valence-corrected chi connectivity index (χ0v) is 16.0. The molecular formula is C20H23FN6. The molecule has 1 fully saturated rings. The summed E-state index contributed by atoms with van der Waals surface area (Å²) in [5.74, 6) is 0.822. The quantitative estimate of drug-likeness (QED) is 0.898. The van der Waals surface area contributed by atoms with Crippen LogP contribution in [0, 0.1) is 19.8 Å². The van der Waals surface area contributed by atoms with E-state index in [1.54, 1.807) is 24.1 Å². The highest BCUT2D eigenvalue weighted by atomic mass is 19.1. The number of aromatic nitrogens is 4. The summed E-state index contributed by atoms with van der Waals surface area (Å²) >= 11 is 0. The third-order valence-corrected chi connectivity index (χ3v) is 5.34. The molecule has 2 N–H and O–H groups in total. The van der Waals surface area contributed by atoms with E-state index in [1.165, 1.54) is 6.20 Å². The molecule has 1 aliphatic heterocycles. The second-order valence-electron chi connectivity index (χ2n) is 7.35. The van der Waals surface area contributed by atoms with Crippen LogP contribution in [0.4, 0.5) is 4.39 Å². The van der Waals surface area contributed by atoms with Gasteiger partial charge in [-0.05, 0) is 45.8 Å². The van der Waals surface area contributed by atoms with Crippen LogP contribution in [0.15, 0.2) is 53.5 Å².